The number of aromatic nitrogens is 2. The van der Waals surface area contributed by atoms with Crippen LogP contribution in [-0.2, 0) is 4.74 Å². The quantitative estimate of drug-likeness (QED) is 0.910. The maximum absolute atomic E-state index is 12.7. The number of amides is 1. The predicted molar refractivity (Wildman–Crippen MR) is 95.9 cm³/mol. The van der Waals surface area contributed by atoms with Crippen LogP contribution in [0.25, 0.3) is 5.69 Å². The smallest absolute Gasteiger partial charge is 0.254 e. The van der Waals surface area contributed by atoms with E-state index in [9.17, 15) is 4.79 Å². The van der Waals surface area contributed by atoms with Gasteiger partial charge in [0.25, 0.3) is 5.91 Å². The molecule has 2 atom stereocenters. The Morgan fingerprint density at radius 1 is 1.40 bits per heavy atom. The minimum absolute atomic E-state index is 0.0361. The first-order chi connectivity index (χ1) is 12.1. The molecule has 2 aliphatic rings. The fourth-order valence-corrected chi connectivity index (χ4v) is 4.27. The van der Waals surface area contributed by atoms with Gasteiger partial charge in [-0.15, -0.1) is 0 Å². The predicted octanol–water partition coefficient (Wildman–Crippen LogP) is 3.26. The van der Waals surface area contributed by atoms with Gasteiger partial charge >= 0.3 is 0 Å². The van der Waals surface area contributed by atoms with Crippen LogP contribution in [0.1, 0.15) is 48.5 Å². The maximum Gasteiger partial charge on any atom is 0.254 e. The van der Waals surface area contributed by atoms with Gasteiger partial charge in [0.1, 0.15) is 0 Å². The maximum atomic E-state index is 12.7. The molecule has 0 bridgehead atoms. The average Bonchev–Trinajstić information content (AvgIpc) is 3.02. The first-order valence-electron chi connectivity index (χ1n) is 9.17. The fourth-order valence-electron chi connectivity index (χ4n) is 4.27. The van der Waals surface area contributed by atoms with Crippen LogP contribution in [-0.4, -0.2) is 34.4 Å². The van der Waals surface area contributed by atoms with Crippen LogP contribution in [0.15, 0.2) is 36.7 Å². The number of carbonyl (C=O) groups excluding carboxylic acids is 1. The standard InChI is InChI=1S/C20H25N3O2/c1-3-25-18-11-17(20(18)9-6-10-20)22-19(24)15-12-21-23(13-15)16-8-5-4-7-14(16)2/h4-5,7-8,12-13,17-18H,3,6,9-11H2,1-2H3,(H,22,24)/t17-,18-/m1/s1. The van der Waals surface area contributed by atoms with Crippen molar-refractivity contribution in [1.82, 2.24) is 15.1 Å². The topological polar surface area (TPSA) is 56.1 Å². The molecule has 1 aromatic carbocycles. The molecule has 0 aliphatic heterocycles. The van der Waals surface area contributed by atoms with Crippen molar-refractivity contribution in [2.75, 3.05) is 6.61 Å². The first-order valence-corrected chi connectivity index (χ1v) is 9.17. The molecule has 2 aliphatic carbocycles. The molecule has 1 aromatic heterocycles. The second kappa shape index (κ2) is 6.30. The Hall–Kier alpha value is -2.14. The minimum Gasteiger partial charge on any atom is -0.378 e. The van der Waals surface area contributed by atoms with Gasteiger partial charge in [-0.25, -0.2) is 4.68 Å². The van der Waals surface area contributed by atoms with Crippen LogP contribution in [0.2, 0.25) is 0 Å². The zero-order valence-electron chi connectivity index (χ0n) is 14.9. The van der Waals surface area contributed by atoms with Crippen LogP contribution in [0, 0.1) is 12.3 Å². The Kier molecular flexibility index (Phi) is 4.12. The highest BCUT2D eigenvalue weighted by Crippen LogP contribution is 2.57. The molecule has 1 amide bonds. The van der Waals surface area contributed by atoms with E-state index in [0.29, 0.717) is 11.7 Å². The van der Waals surface area contributed by atoms with Gasteiger partial charge in [0.15, 0.2) is 0 Å². The van der Waals surface area contributed by atoms with Gasteiger partial charge < -0.3 is 10.1 Å². The summed E-state index contributed by atoms with van der Waals surface area (Å²) in [6.45, 7) is 4.83. The second-order valence-corrected chi connectivity index (χ2v) is 7.25. The minimum atomic E-state index is -0.0361. The van der Waals surface area contributed by atoms with E-state index in [-0.39, 0.29) is 17.4 Å². The molecule has 2 fully saturated rings. The lowest BCUT2D eigenvalue weighted by atomic mass is 9.51. The number of hydrogen-bond acceptors (Lipinski definition) is 3. The molecule has 0 radical (unpaired) electrons. The summed E-state index contributed by atoms with van der Waals surface area (Å²) in [5.41, 5.74) is 2.91. The SMILES string of the molecule is CCO[C@@H]1C[C@@H](NC(=O)c2cnn(-c3ccccc3C)c2)C12CCC2. The lowest BCUT2D eigenvalue weighted by Crippen LogP contribution is -2.67. The number of nitrogens with one attached hydrogen (secondary N) is 1. The van der Waals surface area contributed by atoms with Gasteiger partial charge in [-0.1, -0.05) is 24.6 Å². The van der Waals surface area contributed by atoms with Gasteiger partial charge in [0.2, 0.25) is 0 Å². The van der Waals surface area contributed by atoms with E-state index in [4.69, 9.17) is 4.74 Å². The van der Waals surface area contributed by atoms with Crippen LogP contribution in [0.4, 0.5) is 0 Å². The van der Waals surface area contributed by atoms with Crippen molar-refractivity contribution in [2.45, 2.75) is 51.7 Å². The van der Waals surface area contributed by atoms with Gasteiger partial charge in [-0.2, -0.15) is 5.10 Å². The number of nitrogens with zero attached hydrogens (tertiary/aromatic N) is 2. The van der Waals surface area contributed by atoms with E-state index >= 15 is 0 Å². The van der Waals surface area contributed by atoms with E-state index in [2.05, 4.69) is 10.4 Å². The zero-order chi connectivity index (χ0) is 17.4. The van der Waals surface area contributed by atoms with E-state index < -0.39 is 0 Å². The number of aryl methyl sites for hydroxylation is 1. The lowest BCUT2D eigenvalue weighted by molar-refractivity contribution is -0.169. The molecule has 5 nitrogen and oxygen atoms in total. The highest BCUT2D eigenvalue weighted by Gasteiger charge is 2.59. The molecule has 2 saturated carbocycles. The molecule has 1 N–H and O–H groups in total. The average molecular weight is 339 g/mol. The van der Waals surface area contributed by atoms with Gasteiger partial charge in [0.05, 0.1) is 23.6 Å². The van der Waals surface area contributed by atoms with Crippen molar-refractivity contribution < 1.29 is 9.53 Å². The molecule has 1 heterocycles. The van der Waals surface area contributed by atoms with Crippen molar-refractivity contribution in [3.05, 3.63) is 47.8 Å². The number of hydrogen-bond donors (Lipinski definition) is 1. The molecule has 4 rings (SSSR count). The molecule has 132 valence electrons. The zero-order valence-corrected chi connectivity index (χ0v) is 14.9. The van der Waals surface area contributed by atoms with Crippen LogP contribution in [0.3, 0.4) is 0 Å². The fraction of sp³-hybridized carbons (Fsp3) is 0.500. The van der Waals surface area contributed by atoms with Crippen molar-refractivity contribution in [2.24, 2.45) is 5.41 Å². The van der Waals surface area contributed by atoms with Gasteiger partial charge in [0, 0.05) is 24.3 Å². The van der Waals surface area contributed by atoms with Crippen molar-refractivity contribution in [1.29, 1.82) is 0 Å². The molecular weight excluding hydrogens is 314 g/mol. The number of ether oxygens (including phenoxy) is 1. The van der Waals surface area contributed by atoms with E-state index in [0.717, 1.165) is 37.1 Å². The van der Waals surface area contributed by atoms with Crippen molar-refractivity contribution in [3.63, 3.8) is 0 Å². The monoisotopic (exact) mass is 339 g/mol. The van der Waals surface area contributed by atoms with E-state index in [1.165, 1.54) is 6.42 Å². The summed E-state index contributed by atoms with van der Waals surface area (Å²) in [6.07, 6.45) is 8.24. The summed E-state index contributed by atoms with van der Waals surface area (Å²) in [5, 5.41) is 7.59. The van der Waals surface area contributed by atoms with Crippen LogP contribution < -0.4 is 5.32 Å². The Morgan fingerprint density at radius 3 is 2.88 bits per heavy atom. The summed E-state index contributed by atoms with van der Waals surface area (Å²) in [7, 11) is 0. The molecule has 0 unspecified atom stereocenters. The van der Waals surface area contributed by atoms with E-state index in [1.54, 1.807) is 10.9 Å². The molecule has 5 heteroatoms. The third-order valence-electron chi connectivity index (χ3n) is 5.95. The van der Waals surface area contributed by atoms with Gasteiger partial charge in [-0.05, 0) is 44.7 Å². The number of rotatable bonds is 5. The first kappa shape index (κ1) is 16.3. The van der Waals surface area contributed by atoms with Crippen LogP contribution in [0.5, 0.6) is 0 Å². The molecular formula is C20H25N3O2. The molecule has 2 aromatic rings. The Labute approximate surface area is 148 Å². The summed E-state index contributed by atoms with van der Waals surface area (Å²) in [5.74, 6) is -0.0361. The Balaban J connectivity index is 1.45. The molecule has 1 spiro atoms. The largest absolute Gasteiger partial charge is 0.378 e. The normalized spacial score (nSPS) is 23.8. The molecule has 25 heavy (non-hydrogen) atoms. The summed E-state index contributed by atoms with van der Waals surface area (Å²) in [4.78, 5) is 12.7. The highest BCUT2D eigenvalue weighted by atomic mass is 16.5. The van der Waals surface area contributed by atoms with Crippen molar-refractivity contribution in [3.8, 4) is 5.69 Å². The highest BCUT2D eigenvalue weighted by molar-refractivity contribution is 5.94. The number of para-hydroxylation sites is 1. The van der Waals surface area contributed by atoms with Gasteiger partial charge in [-0.3, -0.25) is 4.79 Å². The second-order valence-electron chi connectivity index (χ2n) is 7.25. The van der Waals surface area contributed by atoms with E-state index in [1.807, 2.05) is 44.3 Å². The number of carbonyl (C=O) groups is 1. The molecule has 0 saturated heterocycles. The Bertz CT molecular complexity index is 779. The number of benzene rings is 1. The van der Waals surface area contributed by atoms with Crippen molar-refractivity contribution >= 4 is 5.91 Å². The summed E-state index contributed by atoms with van der Waals surface area (Å²) in [6, 6.07) is 8.25. The lowest BCUT2D eigenvalue weighted by Gasteiger charge is -2.60. The third kappa shape index (κ3) is 2.67. The summed E-state index contributed by atoms with van der Waals surface area (Å²) >= 11 is 0. The van der Waals surface area contributed by atoms with Crippen LogP contribution >= 0.6 is 0 Å². The third-order valence-corrected chi connectivity index (χ3v) is 5.95. The Morgan fingerprint density at radius 2 is 2.20 bits per heavy atom. The summed E-state index contributed by atoms with van der Waals surface area (Å²) < 4.78 is 7.63.